The summed E-state index contributed by atoms with van der Waals surface area (Å²) < 4.78 is 0. The van der Waals surface area contributed by atoms with Gasteiger partial charge in [-0.25, -0.2) is 0 Å². The van der Waals surface area contributed by atoms with E-state index in [1.165, 1.54) is 4.90 Å². The molecule has 0 saturated carbocycles. The first kappa shape index (κ1) is 13.5. The van der Waals surface area contributed by atoms with Crippen molar-refractivity contribution in [3.8, 4) is 0 Å². The van der Waals surface area contributed by atoms with E-state index in [4.69, 9.17) is 5.73 Å². The van der Waals surface area contributed by atoms with Crippen LogP contribution in [-0.2, 0) is 0 Å². The lowest BCUT2D eigenvalue weighted by molar-refractivity contribution is 0.0957. The Labute approximate surface area is 117 Å². The Morgan fingerprint density at radius 2 is 1.74 bits per heavy atom. The molecule has 0 bridgehead atoms. The van der Waals surface area contributed by atoms with Gasteiger partial charge in [0.25, 0.3) is 5.91 Å². The van der Waals surface area contributed by atoms with Crippen LogP contribution in [0.25, 0.3) is 0 Å². The maximum atomic E-state index is 11.9. The molecule has 2 rings (SSSR count). The van der Waals surface area contributed by atoms with E-state index < -0.39 is 0 Å². The number of carbonyl (C=O) groups is 1. The fraction of sp³-hybridized carbons (Fsp3) is 0.133. The third-order valence-electron chi connectivity index (χ3n) is 2.60. The molecule has 0 saturated heterocycles. The van der Waals surface area contributed by atoms with Crippen molar-refractivity contribution in [2.45, 2.75) is 4.90 Å². The predicted molar refractivity (Wildman–Crippen MR) is 80.4 cm³/mol. The summed E-state index contributed by atoms with van der Waals surface area (Å²) >= 11 is 1.72. The quantitative estimate of drug-likeness (QED) is 0.500. The molecule has 0 atom stereocenters. The van der Waals surface area contributed by atoms with Gasteiger partial charge in [-0.15, -0.1) is 11.8 Å². The highest BCUT2D eigenvalue weighted by Crippen LogP contribution is 2.16. The maximum Gasteiger partial charge on any atom is 0.253 e. The highest BCUT2D eigenvalue weighted by atomic mass is 32.2. The largest absolute Gasteiger partial charge is 0.398 e. The number of amides is 1. The van der Waals surface area contributed by atoms with Gasteiger partial charge in [0.2, 0.25) is 0 Å². The lowest BCUT2D eigenvalue weighted by Gasteiger charge is -2.07. The Bertz CT molecular complexity index is 543. The van der Waals surface area contributed by atoms with E-state index in [0.29, 0.717) is 17.8 Å². The van der Waals surface area contributed by atoms with E-state index in [1.807, 2.05) is 30.3 Å². The third kappa shape index (κ3) is 4.03. The molecule has 0 fully saturated rings. The number of nitrogen functional groups attached to an aromatic ring is 1. The zero-order chi connectivity index (χ0) is 13.5. The second kappa shape index (κ2) is 6.85. The molecule has 1 amide bonds. The van der Waals surface area contributed by atoms with Gasteiger partial charge in [-0.3, -0.25) is 4.79 Å². The van der Waals surface area contributed by atoms with Gasteiger partial charge >= 0.3 is 0 Å². The molecular formula is C15H16N2OS. The second-order valence-electron chi connectivity index (χ2n) is 4.00. The second-order valence-corrected chi connectivity index (χ2v) is 5.17. The minimum atomic E-state index is -0.119. The van der Waals surface area contributed by atoms with Gasteiger partial charge < -0.3 is 11.1 Å². The highest BCUT2D eigenvalue weighted by molar-refractivity contribution is 7.99. The molecule has 0 radical (unpaired) electrons. The minimum Gasteiger partial charge on any atom is -0.398 e. The molecule has 2 aromatic rings. The first-order chi connectivity index (χ1) is 9.27. The first-order valence-corrected chi connectivity index (χ1v) is 7.06. The number of nitrogens with two attached hydrogens (primary N) is 1. The average molecular weight is 272 g/mol. The Balaban J connectivity index is 1.77. The van der Waals surface area contributed by atoms with Gasteiger partial charge in [0.05, 0.1) is 5.56 Å². The summed E-state index contributed by atoms with van der Waals surface area (Å²) in [5.41, 5.74) is 6.80. The molecule has 0 spiro atoms. The molecule has 0 heterocycles. The fourth-order valence-electron chi connectivity index (χ4n) is 1.65. The van der Waals surface area contributed by atoms with Crippen molar-refractivity contribution in [2.24, 2.45) is 0 Å². The Morgan fingerprint density at radius 3 is 2.47 bits per heavy atom. The zero-order valence-corrected chi connectivity index (χ0v) is 11.3. The summed E-state index contributed by atoms with van der Waals surface area (Å²) in [6.45, 7) is 0.618. The molecule has 0 aromatic heterocycles. The molecule has 0 unspecified atom stereocenters. The molecule has 0 aliphatic carbocycles. The summed E-state index contributed by atoms with van der Waals surface area (Å²) in [4.78, 5) is 13.1. The number of rotatable bonds is 5. The molecule has 0 aliphatic heterocycles. The SMILES string of the molecule is Nc1ccccc1C(=O)NCCSc1ccccc1. The molecule has 2 aromatic carbocycles. The number of benzene rings is 2. The third-order valence-corrected chi connectivity index (χ3v) is 3.62. The maximum absolute atomic E-state index is 11.9. The minimum absolute atomic E-state index is 0.119. The van der Waals surface area contributed by atoms with Crippen LogP contribution in [0, 0.1) is 0 Å². The van der Waals surface area contributed by atoms with Crippen LogP contribution in [0.2, 0.25) is 0 Å². The van der Waals surface area contributed by atoms with Gasteiger partial charge in [-0.05, 0) is 24.3 Å². The predicted octanol–water partition coefficient (Wildman–Crippen LogP) is 2.79. The van der Waals surface area contributed by atoms with Crippen molar-refractivity contribution in [2.75, 3.05) is 18.0 Å². The monoisotopic (exact) mass is 272 g/mol. The lowest BCUT2D eigenvalue weighted by Crippen LogP contribution is -2.26. The van der Waals surface area contributed by atoms with Crippen molar-refractivity contribution in [3.05, 3.63) is 60.2 Å². The molecule has 4 heteroatoms. The van der Waals surface area contributed by atoms with Crippen LogP contribution in [0.15, 0.2) is 59.5 Å². The van der Waals surface area contributed by atoms with Gasteiger partial charge in [0.1, 0.15) is 0 Å². The number of hydrogen-bond acceptors (Lipinski definition) is 3. The van der Waals surface area contributed by atoms with Crippen molar-refractivity contribution < 1.29 is 4.79 Å². The number of hydrogen-bond donors (Lipinski definition) is 2. The van der Waals surface area contributed by atoms with Crippen LogP contribution < -0.4 is 11.1 Å². The summed E-state index contributed by atoms with van der Waals surface area (Å²) in [5, 5.41) is 2.87. The van der Waals surface area contributed by atoms with Crippen molar-refractivity contribution >= 4 is 23.4 Å². The van der Waals surface area contributed by atoms with Crippen LogP contribution in [-0.4, -0.2) is 18.2 Å². The topological polar surface area (TPSA) is 55.1 Å². The summed E-state index contributed by atoms with van der Waals surface area (Å²) in [7, 11) is 0. The van der Waals surface area contributed by atoms with E-state index in [9.17, 15) is 4.79 Å². The Kier molecular flexibility index (Phi) is 4.86. The van der Waals surface area contributed by atoms with Crippen LogP contribution in [0.1, 0.15) is 10.4 Å². The van der Waals surface area contributed by atoms with Crippen LogP contribution in [0.3, 0.4) is 0 Å². The molecule has 3 nitrogen and oxygen atoms in total. The molecule has 19 heavy (non-hydrogen) atoms. The number of carbonyl (C=O) groups excluding carboxylic acids is 1. The van der Waals surface area contributed by atoms with Crippen molar-refractivity contribution in [1.29, 1.82) is 0 Å². The van der Waals surface area contributed by atoms with E-state index in [0.717, 1.165) is 5.75 Å². The highest BCUT2D eigenvalue weighted by Gasteiger charge is 2.07. The van der Waals surface area contributed by atoms with Crippen molar-refractivity contribution in [3.63, 3.8) is 0 Å². The number of thioether (sulfide) groups is 1. The van der Waals surface area contributed by atoms with E-state index >= 15 is 0 Å². The standard InChI is InChI=1S/C15H16N2OS/c16-14-9-5-4-8-13(14)15(18)17-10-11-19-12-6-2-1-3-7-12/h1-9H,10-11,16H2,(H,17,18). The molecule has 0 aliphatic rings. The smallest absolute Gasteiger partial charge is 0.253 e. The molecular weight excluding hydrogens is 256 g/mol. The summed E-state index contributed by atoms with van der Waals surface area (Å²) in [6, 6.07) is 17.2. The summed E-state index contributed by atoms with van der Waals surface area (Å²) in [6.07, 6.45) is 0. The molecule has 3 N–H and O–H groups in total. The van der Waals surface area contributed by atoms with Gasteiger partial charge in [-0.1, -0.05) is 30.3 Å². The fourth-order valence-corrected chi connectivity index (χ4v) is 2.44. The lowest BCUT2D eigenvalue weighted by atomic mass is 10.2. The number of anilines is 1. The normalized spacial score (nSPS) is 10.1. The average Bonchev–Trinajstić information content (AvgIpc) is 2.45. The van der Waals surface area contributed by atoms with Crippen molar-refractivity contribution in [1.82, 2.24) is 5.32 Å². The van der Waals surface area contributed by atoms with E-state index in [-0.39, 0.29) is 5.91 Å². The van der Waals surface area contributed by atoms with Gasteiger partial charge in [0.15, 0.2) is 0 Å². The van der Waals surface area contributed by atoms with Crippen LogP contribution in [0.5, 0.6) is 0 Å². The van der Waals surface area contributed by atoms with Crippen LogP contribution >= 0.6 is 11.8 Å². The Morgan fingerprint density at radius 1 is 1.05 bits per heavy atom. The number of nitrogens with one attached hydrogen (secondary N) is 1. The summed E-state index contributed by atoms with van der Waals surface area (Å²) in [5.74, 6) is 0.717. The van der Waals surface area contributed by atoms with Crippen LogP contribution in [0.4, 0.5) is 5.69 Å². The van der Waals surface area contributed by atoms with E-state index in [1.54, 1.807) is 23.9 Å². The Hall–Kier alpha value is -1.94. The number of para-hydroxylation sites is 1. The van der Waals surface area contributed by atoms with Gasteiger partial charge in [-0.2, -0.15) is 0 Å². The molecule has 98 valence electrons. The van der Waals surface area contributed by atoms with Gasteiger partial charge in [0, 0.05) is 22.9 Å². The zero-order valence-electron chi connectivity index (χ0n) is 10.5. The first-order valence-electron chi connectivity index (χ1n) is 6.08. The van der Waals surface area contributed by atoms with E-state index in [2.05, 4.69) is 17.4 Å².